The van der Waals surface area contributed by atoms with Crippen LogP contribution in [0.2, 0.25) is 0 Å². The van der Waals surface area contributed by atoms with Crippen LogP contribution in [0.1, 0.15) is 24.5 Å². The Balaban J connectivity index is 1.85. The molecule has 0 aromatic heterocycles. The Labute approximate surface area is 124 Å². The van der Waals surface area contributed by atoms with Crippen molar-refractivity contribution in [1.82, 2.24) is 0 Å². The summed E-state index contributed by atoms with van der Waals surface area (Å²) in [5, 5.41) is 0. The van der Waals surface area contributed by atoms with Crippen LogP contribution < -0.4 is 4.90 Å². The van der Waals surface area contributed by atoms with E-state index in [4.69, 9.17) is 0 Å². The highest BCUT2D eigenvalue weighted by molar-refractivity contribution is 6.24. The van der Waals surface area contributed by atoms with Crippen molar-refractivity contribution < 1.29 is 9.59 Å². The van der Waals surface area contributed by atoms with Crippen LogP contribution in [0.3, 0.4) is 0 Å². The summed E-state index contributed by atoms with van der Waals surface area (Å²) in [4.78, 5) is 27.4. The fourth-order valence-electron chi connectivity index (χ4n) is 4.51. The number of carbonyl (C=O) groups excluding carboxylic acids is 2. The SMILES string of the molecule is Cc1cccc(N2C(=O)[C@H]3[C@@H]4C=C[C@@H](C4)[C@]3(C)C2=O)c1C. The molecule has 0 spiro atoms. The molecule has 2 aliphatic carbocycles. The Hall–Kier alpha value is -1.90. The number of hydrogen-bond acceptors (Lipinski definition) is 2. The fourth-order valence-corrected chi connectivity index (χ4v) is 4.51. The molecule has 108 valence electrons. The molecule has 2 bridgehead atoms. The van der Waals surface area contributed by atoms with Gasteiger partial charge in [-0.3, -0.25) is 9.59 Å². The molecule has 0 unspecified atom stereocenters. The lowest BCUT2D eigenvalue weighted by Gasteiger charge is -2.28. The Morgan fingerprint density at radius 1 is 1.19 bits per heavy atom. The lowest BCUT2D eigenvalue weighted by molar-refractivity contribution is -0.127. The lowest BCUT2D eigenvalue weighted by atomic mass is 9.71. The van der Waals surface area contributed by atoms with Crippen molar-refractivity contribution in [3.63, 3.8) is 0 Å². The van der Waals surface area contributed by atoms with Gasteiger partial charge in [-0.1, -0.05) is 24.3 Å². The van der Waals surface area contributed by atoms with Gasteiger partial charge >= 0.3 is 0 Å². The van der Waals surface area contributed by atoms with E-state index in [1.807, 2.05) is 39.0 Å². The Bertz CT molecular complexity index is 705. The Kier molecular flexibility index (Phi) is 2.35. The summed E-state index contributed by atoms with van der Waals surface area (Å²) < 4.78 is 0. The highest BCUT2D eigenvalue weighted by Gasteiger charge is 2.67. The smallest absolute Gasteiger partial charge is 0.241 e. The average molecular weight is 281 g/mol. The third-order valence-electron chi connectivity index (χ3n) is 5.93. The van der Waals surface area contributed by atoms with Crippen LogP contribution in [0.4, 0.5) is 5.69 Å². The first-order chi connectivity index (χ1) is 9.96. The molecule has 4 atom stereocenters. The first kappa shape index (κ1) is 12.8. The van der Waals surface area contributed by atoms with Crippen LogP contribution in [0.15, 0.2) is 30.4 Å². The Morgan fingerprint density at radius 3 is 2.67 bits per heavy atom. The first-order valence-electron chi connectivity index (χ1n) is 7.59. The van der Waals surface area contributed by atoms with Gasteiger partial charge in [0.1, 0.15) is 0 Å². The van der Waals surface area contributed by atoms with E-state index in [1.165, 1.54) is 4.90 Å². The molecule has 2 fully saturated rings. The fraction of sp³-hybridized carbons (Fsp3) is 0.444. The summed E-state index contributed by atoms with van der Waals surface area (Å²) in [6.45, 7) is 5.98. The minimum Gasteiger partial charge on any atom is -0.274 e. The van der Waals surface area contributed by atoms with Gasteiger partial charge in [0.05, 0.1) is 17.0 Å². The minimum atomic E-state index is -0.535. The molecule has 1 aromatic rings. The number of rotatable bonds is 1. The summed E-state index contributed by atoms with van der Waals surface area (Å²) in [5.74, 6) is 0.279. The third-order valence-corrected chi connectivity index (χ3v) is 5.93. The quantitative estimate of drug-likeness (QED) is 0.586. The molecule has 3 heteroatoms. The summed E-state index contributed by atoms with van der Waals surface area (Å²) in [7, 11) is 0. The van der Waals surface area contributed by atoms with Crippen LogP contribution in [-0.2, 0) is 9.59 Å². The molecule has 21 heavy (non-hydrogen) atoms. The molecule has 4 rings (SSSR count). The monoisotopic (exact) mass is 281 g/mol. The van der Waals surface area contributed by atoms with Gasteiger partial charge in [0, 0.05) is 0 Å². The lowest BCUT2D eigenvalue weighted by Crippen LogP contribution is -2.37. The van der Waals surface area contributed by atoms with Crippen molar-refractivity contribution >= 4 is 17.5 Å². The molecule has 1 heterocycles. The largest absolute Gasteiger partial charge is 0.274 e. The second-order valence-electron chi connectivity index (χ2n) is 6.85. The maximum absolute atomic E-state index is 13.0. The highest BCUT2D eigenvalue weighted by atomic mass is 16.2. The maximum Gasteiger partial charge on any atom is 0.241 e. The minimum absolute atomic E-state index is 0.00644. The van der Waals surface area contributed by atoms with Gasteiger partial charge in [-0.25, -0.2) is 4.90 Å². The number of anilines is 1. The standard InChI is InChI=1S/C18H19NO2/c1-10-5-4-6-14(11(10)2)19-16(20)15-12-7-8-13(9-12)18(15,3)17(19)21/h4-8,12-13,15H,9H2,1-3H3/t12-,13+,15-,18+/m1/s1. The summed E-state index contributed by atoms with van der Waals surface area (Å²) in [6.07, 6.45) is 5.23. The maximum atomic E-state index is 13.0. The molecule has 1 saturated heterocycles. The zero-order valence-corrected chi connectivity index (χ0v) is 12.6. The second kappa shape index (κ2) is 3.85. The van der Waals surface area contributed by atoms with Gasteiger partial charge in [0.2, 0.25) is 11.8 Å². The van der Waals surface area contributed by atoms with Crippen molar-refractivity contribution in [2.45, 2.75) is 27.2 Å². The molecule has 3 aliphatic rings. The third kappa shape index (κ3) is 1.34. The van der Waals surface area contributed by atoms with Gasteiger partial charge in [0.25, 0.3) is 0 Å². The molecule has 0 radical (unpaired) electrons. The number of imide groups is 1. The van der Waals surface area contributed by atoms with Crippen molar-refractivity contribution in [2.24, 2.45) is 23.2 Å². The first-order valence-corrected chi connectivity index (χ1v) is 7.59. The van der Waals surface area contributed by atoms with Gasteiger partial charge in [-0.05, 0) is 56.2 Å². The number of benzene rings is 1. The van der Waals surface area contributed by atoms with Gasteiger partial charge < -0.3 is 0 Å². The number of hydrogen-bond donors (Lipinski definition) is 0. The number of nitrogens with zero attached hydrogens (tertiary/aromatic N) is 1. The average Bonchev–Trinajstić information content (AvgIpc) is 3.07. The van der Waals surface area contributed by atoms with Crippen LogP contribution in [-0.4, -0.2) is 11.8 Å². The zero-order valence-electron chi connectivity index (χ0n) is 12.6. The number of carbonyl (C=O) groups is 2. The topological polar surface area (TPSA) is 37.4 Å². The van der Waals surface area contributed by atoms with Crippen LogP contribution in [0.5, 0.6) is 0 Å². The van der Waals surface area contributed by atoms with Gasteiger partial charge in [-0.15, -0.1) is 0 Å². The van der Waals surface area contributed by atoms with E-state index in [0.29, 0.717) is 0 Å². The van der Waals surface area contributed by atoms with Crippen LogP contribution in [0.25, 0.3) is 0 Å². The summed E-state index contributed by atoms with van der Waals surface area (Å²) in [6, 6.07) is 5.82. The molecular weight excluding hydrogens is 262 g/mol. The Morgan fingerprint density at radius 2 is 1.95 bits per heavy atom. The van der Waals surface area contributed by atoms with Crippen molar-refractivity contribution in [3.8, 4) is 0 Å². The molecule has 0 N–H and O–H groups in total. The van der Waals surface area contributed by atoms with Crippen LogP contribution in [0, 0.1) is 37.0 Å². The summed E-state index contributed by atoms with van der Waals surface area (Å²) in [5.41, 5.74) is 2.35. The normalized spacial score (nSPS) is 36.7. The molecule has 1 aromatic carbocycles. The molecule has 2 amide bonds. The predicted molar refractivity (Wildman–Crippen MR) is 80.7 cm³/mol. The molecule has 1 saturated carbocycles. The van der Waals surface area contributed by atoms with E-state index in [9.17, 15) is 9.59 Å². The van der Waals surface area contributed by atoms with Crippen molar-refractivity contribution in [3.05, 3.63) is 41.5 Å². The molecule has 1 aliphatic heterocycles. The number of allylic oxidation sites excluding steroid dienone is 2. The number of aryl methyl sites for hydroxylation is 1. The van der Waals surface area contributed by atoms with E-state index >= 15 is 0 Å². The highest BCUT2D eigenvalue weighted by Crippen LogP contribution is 2.61. The number of amides is 2. The molecule has 3 nitrogen and oxygen atoms in total. The second-order valence-corrected chi connectivity index (χ2v) is 6.85. The van der Waals surface area contributed by atoms with Gasteiger partial charge in [-0.2, -0.15) is 0 Å². The zero-order chi connectivity index (χ0) is 14.9. The summed E-state index contributed by atoms with van der Waals surface area (Å²) >= 11 is 0. The van der Waals surface area contributed by atoms with Gasteiger partial charge in [0.15, 0.2) is 0 Å². The molecular formula is C18H19NO2. The van der Waals surface area contributed by atoms with Crippen molar-refractivity contribution in [2.75, 3.05) is 4.90 Å². The van der Waals surface area contributed by atoms with Crippen LogP contribution >= 0.6 is 0 Å². The van der Waals surface area contributed by atoms with E-state index in [2.05, 4.69) is 12.2 Å². The van der Waals surface area contributed by atoms with E-state index in [-0.39, 0.29) is 29.6 Å². The van der Waals surface area contributed by atoms with E-state index < -0.39 is 5.41 Å². The van der Waals surface area contributed by atoms with E-state index in [0.717, 1.165) is 23.2 Å². The van der Waals surface area contributed by atoms with E-state index in [1.54, 1.807) is 0 Å². The number of fused-ring (bicyclic) bond motifs is 5. The van der Waals surface area contributed by atoms with Crippen molar-refractivity contribution in [1.29, 1.82) is 0 Å². The predicted octanol–water partition coefficient (Wildman–Crippen LogP) is 3.01.